The van der Waals surface area contributed by atoms with Crippen LogP contribution in [0.5, 0.6) is 11.5 Å². The maximum Gasteiger partial charge on any atom is 0.290 e. The van der Waals surface area contributed by atoms with Crippen LogP contribution in [0.2, 0.25) is 0 Å². The van der Waals surface area contributed by atoms with Gasteiger partial charge in [-0.05, 0) is 47.8 Å². The molecule has 2 aliphatic heterocycles. The molecule has 0 bridgehead atoms. The van der Waals surface area contributed by atoms with Gasteiger partial charge in [-0.3, -0.25) is 29.8 Å². The predicted octanol–water partition coefficient (Wildman–Crippen LogP) is 3.43. The van der Waals surface area contributed by atoms with Gasteiger partial charge in [0.15, 0.2) is 0 Å². The molecule has 0 saturated carbocycles. The zero-order valence-electron chi connectivity index (χ0n) is 15.1. The topological polar surface area (TPSA) is 133 Å². The van der Waals surface area contributed by atoms with Gasteiger partial charge in [0.1, 0.15) is 11.5 Å². The first kappa shape index (κ1) is 21.2. The smallest absolute Gasteiger partial charge is 0.290 e. The first-order chi connectivity index (χ1) is 14.3. The van der Waals surface area contributed by atoms with Crippen molar-refractivity contribution in [3.8, 4) is 11.5 Å². The molecule has 0 unspecified atom stereocenters. The fourth-order valence-electron chi connectivity index (χ4n) is 2.34. The van der Waals surface area contributed by atoms with Crippen LogP contribution >= 0.6 is 23.5 Å². The van der Waals surface area contributed by atoms with Crippen LogP contribution in [-0.4, -0.2) is 32.5 Å². The van der Waals surface area contributed by atoms with Gasteiger partial charge in [0.25, 0.3) is 22.3 Å². The van der Waals surface area contributed by atoms with E-state index in [-0.39, 0.29) is 22.0 Å². The van der Waals surface area contributed by atoms with Gasteiger partial charge in [-0.1, -0.05) is 36.4 Å². The first-order valence-electron chi connectivity index (χ1n) is 8.39. The number of imide groups is 2. The van der Waals surface area contributed by atoms with Crippen molar-refractivity contribution in [1.82, 2.24) is 10.6 Å². The van der Waals surface area contributed by atoms with E-state index in [0.717, 1.165) is 23.5 Å². The van der Waals surface area contributed by atoms with E-state index in [1.54, 1.807) is 36.4 Å². The maximum absolute atomic E-state index is 11.2. The second-order valence-corrected chi connectivity index (χ2v) is 7.85. The molecule has 2 fully saturated rings. The number of carbonyl (C=O) groups excluding carboxylic acids is 4. The average molecular weight is 442 g/mol. The second kappa shape index (κ2) is 9.33. The van der Waals surface area contributed by atoms with E-state index < -0.39 is 11.8 Å². The Labute approximate surface area is 179 Å². The number of amides is 4. The Bertz CT molecular complexity index is 1020. The SMILES string of the molecule is O=C1NC(=O)C(=Cc2ccccc2O)S1.O=C1NC(=O)C(=Cc2ccccc2O)S1. The highest BCUT2D eigenvalue weighted by atomic mass is 32.2. The molecule has 2 aromatic rings. The lowest BCUT2D eigenvalue weighted by Crippen LogP contribution is -2.17. The summed E-state index contributed by atoms with van der Waals surface area (Å²) in [5, 5.41) is 22.4. The van der Waals surface area contributed by atoms with Crippen molar-refractivity contribution in [3.05, 3.63) is 69.5 Å². The van der Waals surface area contributed by atoms with Gasteiger partial charge in [-0.15, -0.1) is 0 Å². The quantitative estimate of drug-likeness (QED) is 0.520. The number of rotatable bonds is 2. The number of nitrogens with one attached hydrogen (secondary N) is 2. The van der Waals surface area contributed by atoms with Crippen molar-refractivity contribution >= 4 is 58.0 Å². The molecule has 4 N–H and O–H groups in total. The fourth-order valence-corrected chi connectivity index (χ4v) is 3.69. The summed E-state index contributed by atoms with van der Waals surface area (Å²) in [7, 11) is 0. The Morgan fingerprint density at radius 3 is 1.30 bits per heavy atom. The summed E-state index contributed by atoms with van der Waals surface area (Å²) in [6.07, 6.45) is 2.97. The van der Waals surface area contributed by atoms with Crippen LogP contribution in [0.1, 0.15) is 11.1 Å². The van der Waals surface area contributed by atoms with Crippen LogP contribution in [0.4, 0.5) is 9.59 Å². The number of hydrogen-bond acceptors (Lipinski definition) is 8. The van der Waals surface area contributed by atoms with E-state index in [4.69, 9.17) is 0 Å². The van der Waals surface area contributed by atoms with Gasteiger partial charge in [-0.25, -0.2) is 0 Å². The van der Waals surface area contributed by atoms with Crippen molar-refractivity contribution in [2.24, 2.45) is 0 Å². The normalized spacial score (nSPS) is 18.3. The zero-order valence-corrected chi connectivity index (χ0v) is 16.8. The number of hydrogen-bond donors (Lipinski definition) is 4. The number of carbonyl (C=O) groups is 4. The Hall–Kier alpha value is -3.50. The van der Waals surface area contributed by atoms with Crippen LogP contribution in [0.15, 0.2) is 58.3 Å². The number of aromatic hydroxyl groups is 2. The third kappa shape index (κ3) is 5.31. The summed E-state index contributed by atoms with van der Waals surface area (Å²) in [6.45, 7) is 0. The Morgan fingerprint density at radius 1 is 0.633 bits per heavy atom. The number of thioether (sulfide) groups is 2. The molecule has 2 heterocycles. The van der Waals surface area contributed by atoms with E-state index in [9.17, 15) is 29.4 Å². The highest BCUT2D eigenvalue weighted by molar-refractivity contribution is 8.18. The van der Waals surface area contributed by atoms with E-state index in [0.29, 0.717) is 20.9 Å². The fraction of sp³-hybridized carbons (Fsp3) is 0. The monoisotopic (exact) mass is 442 g/mol. The van der Waals surface area contributed by atoms with Crippen LogP contribution < -0.4 is 10.6 Å². The summed E-state index contributed by atoms with van der Waals surface area (Å²) in [6, 6.07) is 13.2. The Balaban J connectivity index is 0.000000171. The maximum atomic E-state index is 11.2. The number of benzene rings is 2. The van der Waals surface area contributed by atoms with Crippen LogP contribution in [0.25, 0.3) is 12.2 Å². The van der Waals surface area contributed by atoms with Gasteiger partial charge < -0.3 is 10.2 Å². The Morgan fingerprint density at radius 2 is 1.00 bits per heavy atom. The zero-order chi connectivity index (χ0) is 21.7. The molecule has 4 rings (SSSR count). The van der Waals surface area contributed by atoms with Crippen LogP contribution in [0.3, 0.4) is 0 Å². The minimum Gasteiger partial charge on any atom is -0.507 e. The van der Waals surface area contributed by atoms with E-state index in [1.165, 1.54) is 24.3 Å². The summed E-state index contributed by atoms with van der Waals surface area (Å²) >= 11 is 1.66. The van der Waals surface area contributed by atoms with E-state index >= 15 is 0 Å². The largest absolute Gasteiger partial charge is 0.507 e. The highest BCUT2D eigenvalue weighted by Crippen LogP contribution is 2.29. The first-order valence-corrected chi connectivity index (χ1v) is 10.0. The van der Waals surface area contributed by atoms with Crippen molar-refractivity contribution in [1.29, 1.82) is 0 Å². The lowest BCUT2D eigenvalue weighted by molar-refractivity contribution is -0.116. The molecule has 8 nitrogen and oxygen atoms in total. The van der Waals surface area contributed by atoms with Gasteiger partial charge in [-0.2, -0.15) is 0 Å². The number of phenolic OH excluding ortho intramolecular Hbond substituents is 2. The second-order valence-electron chi connectivity index (χ2n) is 5.82. The van der Waals surface area contributed by atoms with Crippen LogP contribution in [0, 0.1) is 0 Å². The van der Waals surface area contributed by atoms with Crippen molar-refractivity contribution < 1.29 is 29.4 Å². The van der Waals surface area contributed by atoms with Crippen molar-refractivity contribution in [3.63, 3.8) is 0 Å². The lowest BCUT2D eigenvalue weighted by atomic mass is 10.2. The molecule has 4 amide bonds. The van der Waals surface area contributed by atoms with Gasteiger partial charge >= 0.3 is 0 Å². The summed E-state index contributed by atoms with van der Waals surface area (Å²) in [5.41, 5.74) is 1.04. The predicted molar refractivity (Wildman–Crippen MR) is 114 cm³/mol. The molecule has 10 heteroatoms. The number of para-hydroxylation sites is 2. The van der Waals surface area contributed by atoms with Crippen molar-refractivity contribution in [2.75, 3.05) is 0 Å². The minimum absolute atomic E-state index is 0.0812. The third-order valence-corrected chi connectivity index (χ3v) is 5.35. The molecule has 0 aliphatic carbocycles. The standard InChI is InChI=1S/2C10H7NO3S/c2*12-7-4-2-1-3-6(7)5-8-9(13)11-10(14)15-8/h2*1-5,12H,(H,11,13,14). The van der Waals surface area contributed by atoms with Gasteiger partial charge in [0.2, 0.25) is 0 Å². The van der Waals surface area contributed by atoms with Crippen molar-refractivity contribution in [2.45, 2.75) is 0 Å². The van der Waals surface area contributed by atoms with E-state index in [2.05, 4.69) is 10.6 Å². The molecule has 2 aliphatic rings. The highest BCUT2D eigenvalue weighted by Gasteiger charge is 2.26. The molecule has 0 atom stereocenters. The average Bonchev–Trinajstić information content (AvgIpc) is 3.19. The number of phenols is 2. The Kier molecular flexibility index (Phi) is 6.60. The summed E-state index contributed by atoms with van der Waals surface area (Å²) < 4.78 is 0. The third-order valence-electron chi connectivity index (χ3n) is 3.73. The molecular formula is C20H14N2O6S2. The molecule has 0 spiro atoms. The molecular weight excluding hydrogens is 428 g/mol. The minimum atomic E-state index is -0.423. The van der Waals surface area contributed by atoms with Gasteiger partial charge in [0.05, 0.1) is 9.81 Å². The summed E-state index contributed by atoms with van der Waals surface area (Å²) in [4.78, 5) is 44.7. The summed E-state index contributed by atoms with van der Waals surface area (Å²) in [5.74, 6) is -0.683. The van der Waals surface area contributed by atoms with E-state index in [1.807, 2.05) is 0 Å². The molecule has 30 heavy (non-hydrogen) atoms. The molecule has 152 valence electrons. The van der Waals surface area contributed by atoms with Crippen LogP contribution in [-0.2, 0) is 9.59 Å². The van der Waals surface area contributed by atoms with Gasteiger partial charge in [0, 0.05) is 11.1 Å². The molecule has 0 radical (unpaired) electrons. The lowest BCUT2D eigenvalue weighted by Gasteiger charge is -1.97. The molecule has 2 saturated heterocycles. The molecule has 0 aromatic heterocycles. The molecule has 2 aromatic carbocycles.